The van der Waals surface area contributed by atoms with Crippen LogP contribution in [0.1, 0.15) is 42.3 Å². The van der Waals surface area contributed by atoms with Crippen LogP contribution in [0, 0.1) is 13.8 Å². The average molecular weight is 301 g/mol. The maximum Gasteiger partial charge on any atom is 0.0646 e. The second-order valence-electron chi connectivity index (χ2n) is 5.75. The van der Waals surface area contributed by atoms with E-state index < -0.39 is 0 Å². The molecule has 0 amide bonds. The minimum absolute atomic E-state index is 0.119. The van der Waals surface area contributed by atoms with Crippen molar-refractivity contribution in [2.24, 2.45) is 0 Å². The van der Waals surface area contributed by atoms with Crippen molar-refractivity contribution >= 4 is 5.69 Å². The number of hydrogen-bond acceptors (Lipinski definition) is 3. The summed E-state index contributed by atoms with van der Waals surface area (Å²) in [5, 5.41) is 17.0. The zero-order chi connectivity index (χ0) is 15.9. The molecule has 0 aliphatic rings. The first-order chi connectivity index (χ1) is 10.7. The molecule has 0 fully saturated rings. The Balaban J connectivity index is 1.98. The van der Waals surface area contributed by atoms with Gasteiger partial charge in [-0.2, -0.15) is 5.10 Å². The van der Waals surface area contributed by atoms with Crippen molar-refractivity contribution in [3.8, 4) is 0 Å². The molecule has 0 saturated carbocycles. The maximum absolute atomic E-state index is 9.06. The van der Waals surface area contributed by atoms with Crippen LogP contribution in [0.15, 0.2) is 24.3 Å². The molecular formula is C18H27N3O. The van der Waals surface area contributed by atoms with Gasteiger partial charge in [-0.25, -0.2) is 0 Å². The molecule has 2 rings (SSSR count). The molecule has 0 bridgehead atoms. The standard InChI is InChI=1S/C18H27N3O/c1-4-5-6-16-7-9-17(10-8-16)19-13-18-14(2)20-21(11-12-22)15(18)3/h7-10,19,22H,4-6,11-13H2,1-3H3. The number of aromatic nitrogens is 2. The third kappa shape index (κ3) is 4.10. The molecule has 0 unspecified atom stereocenters. The first kappa shape index (κ1) is 16.6. The molecule has 0 spiro atoms. The van der Waals surface area contributed by atoms with Gasteiger partial charge in [0.05, 0.1) is 18.8 Å². The fraction of sp³-hybridized carbons (Fsp3) is 0.500. The number of unbranched alkanes of at least 4 members (excludes halogenated alkanes) is 1. The van der Waals surface area contributed by atoms with E-state index in [4.69, 9.17) is 5.11 Å². The van der Waals surface area contributed by atoms with Crippen LogP contribution in [0.25, 0.3) is 0 Å². The second-order valence-corrected chi connectivity index (χ2v) is 5.75. The minimum atomic E-state index is 0.119. The van der Waals surface area contributed by atoms with E-state index >= 15 is 0 Å². The Bertz CT molecular complexity index is 587. The number of anilines is 1. The number of rotatable bonds is 8. The number of aliphatic hydroxyl groups excluding tert-OH is 1. The van der Waals surface area contributed by atoms with E-state index in [0.717, 1.165) is 30.0 Å². The Morgan fingerprint density at radius 3 is 2.55 bits per heavy atom. The molecule has 0 radical (unpaired) electrons. The predicted molar refractivity (Wildman–Crippen MR) is 91.2 cm³/mol. The Morgan fingerprint density at radius 2 is 1.91 bits per heavy atom. The van der Waals surface area contributed by atoms with Crippen molar-refractivity contribution in [3.63, 3.8) is 0 Å². The normalized spacial score (nSPS) is 10.9. The second kappa shape index (κ2) is 7.99. The van der Waals surface area contributed by atoms with Gasteiger partial charge >= 0.3 is 0 Å². The van der Waals surface area contributed by atoms with E-state index in [9.17, 15) is 0 Å². The molecule has 0 atom stereocenters. The van der Waals surface area contributed by atoms with Crippen molar-refractivity contribution in [3.05, 3.63) is 46.8 Å². The van der Waals surface area contributed by atoms with Crippen molar-refractivity contribution < 1.29 is 5.11 Å². The van der Waals surface area contributed by atoms with Crippen LogP contribution in [0.5, 0.6) is 0 Å². The fourth-order valence-corrected chi connectivity index (χ4v) is 2.66. The van der Waals surface area contributed by atoms with Crippen molar-refractivity contribution in [1.29, 1.82) is 0 Å². The molecule has 0 aliphatic carbocycles. The SMILES string of the molecule is CCCCc1ccc(NCc2c(C)nn(CCO)c2C)cc1. The van der Waals surface area contributed by atoms with E-state index in [2.05, 4.69) is 48.5 Å². The lowest BCUT2D eigenvalue weighted by Gasteiger charge is -2.08. The number of nitrogens with one attached hydrogen (secondary N) is 1. The molecule has 22 heavy (non-hydrogen) atoms. The summed E-state index contributed by atoms with van der Waals surface area (Å²) in [6.45, 7) is 7.73. The molecule has 0 aliphatic heterocycles. The van der Waals surface area contributed by atoms with Crippen LogP contribution in [0.2, 0.25) is 0 Å². The molecular weight excluding hydrogens is 274 g/mol. The summed E-state index contributed by atoms with van der Waals surface area (Å²) >= 11 is 0. The van der Waals surface area contributed by atoms with Gasteiger partial charge in [0.2, 0.25) is 0 Å². The summed E-state index contributed by atoms with van der Waals surface area (Å²) in [5.74, 6) is 0. The monoisotopic (exact) mass is 301 g/mol. The summed E-state index contributed by atoms with van der Waals surface area (Å²) in [5.41, 5.74) is 5.89. The van der Waals surface area contributed by atoms with Crippen LogP contribution >= 0.6 is 0 Å². The Morgan fingerprint density at radius 1 is 1.18 bits per heavy atom. The summed E-state index contributed by atoms with van der Waals surface area (Å²) in [7, 11) is 0. The van der Waals surface area contributed by atoms with Gasteiger partial charge in [-0.15, -0.1) is 0 Å². The molecule has 4 nitrogen and oxygen atoms in total. The molecule has 0 saturated heterocycles. The lowest BCUT2D eigenvalue weighted by atomic mass is 10.1. The van der Waals surface area contributed by atoms with Crippen molar-refractivity contribution in [2.45, 2.75) is 53.1 Å². The highest BCUT2D eigenvalue weighted by Crippen LogP contribution is 2.17. The number of hydrogen-bond donors (Lipinski definition) is 2. The molecule has 4 heteroatoms. The Hall–Kier alpha value is -1.81. The molecule has 120 valence electrons. The topological polar surface area (TPSA) is 50.1 Å². The highest BCUT2D eigenvalue weighted by Gasteiger charge is 2.10. The van der Waals surface area contributed by atoms with Crippen LogP contribution in [0.3, 0.4) is 0 Å². The zero-order valence-electron chi connectivity index (χ0n) is 13.9. The number of nitrogens with zero attached hydrogens (tertiary/aromatic N) is 2. The van der Waals surface area contributed by atoms with E-state index in [1.165, 1.54) is 24.0 Å². The molecule has 1 aromatic carbocycles. The van der Waals surface area contributed by atoms with Gasteiger partial charge in [-0.1, -0.05) is 25.5 Å². The third-order valence-electron chi connectivity index (χ3n) is 4.09. The zero-order valence-corrected chi connectivity index (χ0v) is 13.9. The Kier molecular flexibility index (Phi) is 6.01. The van der Waals surface area contributed by atoms with Gasteiger partial charge in [0.25, 0.3) is 0 Å². The molecule has 1 heterocycles. The lowest BCUT2D eigenvalue weighted by molar-refractivity contribution is 0.268. The quantitative estimate of drug-likeness (QED) is 0.785. The van der Waals surface area contributed by atoms with Gasteiger partial charge in [-0.05, 0) is 44.4 Å². The molecule has 1 aromatic heterocycles. The number of aryl methyl sites for hydroxylation is 2. The maximum atomic E-state index is 9.06. The van der Waals surface area contributed by atoms with Crippen LogP contribution in [0.4, 0.5) is 5.69 Å². The van der Waals surface area contributed by atoms with E-state index in [-0.39, 0.29) is 6.61 Å². The van der Waals surface area contributed by atoms with Gasteiger partial charge in [0.1, 0.15) is 0 Å². The lowest BCUT2D eigenvalue weighted by Crippen LogP contribution is -2.07. The van der Waals surface area contributed by atoms with Gasteiger partial charge in [0, 0.05) is 23.5 Å². The Labute approximate surface area is 133 Å². The first-order valence-electron chi connectivity index (χ1n) is 8.12. The summed E-state index contributed by atoms with van der Waals surface area (Å²) in [4.78, 5) is 0. The number of aliphatic hydroxyl groups is 1. The fourth-order valence-electron chi connectivity index (χ4n) is 2.66. The number of benzene rings is 1. The third-order valence-corrected chi connectivity index (χ3v) is 4.09. The van der Waals surface area contributed by atoms with Gasteiger partial charge in [-0.3, -0.25) is 4.68 Å². The first-order valence-corrected chi connectivity index (χ1v) is 8.12. The molecule has 2 aromatic rings. The summed E-state index contributed by atoms with van der Waals surface area (Å²) in [6, 6.07) is 8.70. The molecule has 2 N–H and O–H groups in total. The summed E-state index contributed by atoms with van der Waals surface area (Å²) < 4.78 is 1.88. The van der Waals surface area contributed by atoms with E-state index in [1.807, 2.05) is 11.6 Å². The summed E-state index contributed by atoms with van der Waals surface area (Å²) in [6.07, 6.45) is 3.63. The smallest absolute Gasteiger partial charge is 0.0646 e. The van der Waals surface area contributed by atoms with Crippen LogP contribution in [-0.4, -0.2) is 21.5 Å². The van der Waals surface area contributed by atoms with Crippen molar-refractivity contribution in [2.75, 3.05) is 11.9 Å². The largest absolute Gasteiger partial charge is 0.394 e. The van der Waals surface area contributed by atoms with Gasteiger partial charge < -0.3 is 10.4 Å². The minimum Gasteiger partial charge on any atom is -0.394 e. The van der Waals surface area contributed by atoms with Gasteiger partial charge in [0.15, 0.2) is 0 Å². The highest BCUT2D eigenvalue weighted by atomic mass is 16.3. The average Bonchev–Trinajstić information content (AvgIpc) is 2.79. The van der Waals surface area contributed by atoms with E-state index in [0.29, 0.717) is 6.54 Å². The van der Waals surface area contributed by atoms with Crippen LogP contribution < -0.4 is 5.32 Å². The predicted octanol–water partition coefficient (Wildman–Crippen LogP) is 3.45. The highest BCUT2D eigenvalue weighted by molar-refractivity contribution is 5.45. The van der Waals surface area contributed by atoms with Crippen molar-refractivity contribution in [1.82, 2.24) is 9.78 Å². The van der Waals surface area contributed by atoms with E-state index in [1.54, 1.807) is 0 Å². The van der Waals surface area contributed by atoms with Crippen LogP contribution in [-0.2, 0) is 19.5 Å².